The summed E-state index contributed by atoms with van der Waals surface area (Å²) in [6.45, 7) is 3.91. The number of rotatable bonds is 4. The molecule has 0 N–H and O–H groups in total. The molecule has 0 aliphatic heterocycles. The molecule has 118 valence electrons. The minimum atomic E-state index is 0.891. The number of hydrogen-bond donors (Lipinski definition) is 0. The maximum absolute atomic E-state index is 2.34. The molecule has 0 spiro atoms. The second-order valence-electron chi connectivity index (χ2n) is 6.33. The second kappa shape index (κ2) is 6.32. The Morgan fingerprint density at radius 2 is 1.46 bits per heavy atom. The molecule has 0 amide bonds. The lowest BCUT2D eigenvalue weighted by molar-refractivity contribution is -0.663. The molecule has 24 heavy (non-hydrogen) atoms. The van der Waals surface area contributed by atoms with Gasteiger partial charge in [-0.15, -0.1) is 0 Å². The lowest BCUT2D eigenvalue weighted by Gasteiger charge is -2.00. The zero-order chi connectivity index (χ0) is 16.4. The van der Waals surface area contributed by atoms with Crippen LogP contribution in [0.2, 0.25) is 0 Å². The first-order chi connectivity index (χ1) is 11.8. The number of para-hydroxylation sites is 2. The molecule has 0 aliphatic rings. The van der Waals surface area contributed by atoms with Gasteiger partial charge in [0.25, 0.3) is 0 Å². The maximum Gasteiger partial charge on any atom is 0.245 e. The Morgan fingerprint density at radius 3 is 2.25 bits per heavy atom. The van der Waals surface area contributed by atoms with Crippen LogP contribution >= 0.6 is 0 Å². The van der Waals surface area contributed by atoms with Crippen molar-refractivity contribution in [3.63, 3.8) is 0 Å². The van der Waals surface area contributed by atoms with Crippen LogP contribution in [0, 0.1) is 6.92 Å². The van der Waals surface area contributed by atoms with Crippen LogP contribution in [0.5, 0.6) is 0 Å². The molecule has 0 saturated heterocycles. The van der Waals surface area contributed by atoms with Gasteiger partial charge in [-0.3, -0.25) is 0 Å². The SMILES string of the molecule is Cc1ccc(Cn2c[n+](Cc3ccccc3)c3ccccc32)cc1. The van der Waals surface area contributed by atoms with Crippen molar-refractivity contribution >= 4 is 11.0 Å². The fraction of sp³-hybridized carbons (Fsp3) is 0.136. The molecule has 0 unspecified atom stereocenters. The van der Waals surface area contributed by atoms with Crippen LogP contribution in [0.1, 0.15) is 16.7 Å². The standard InChI is InChI=1S/C22H21N2/c1-18-11-13-20(14-12-18)16-24-17-23(15-19-7-3-2-4-8-19)21-9-5-6-10-22(21)24/h2-14,17H,15-16H2,1H3/q+1. The number of aryl methyl sites for hydroxylation is 1. The molecule has 4 aromatic rings. The lowest BCUT2D eigenvalue weighted by Crippen LogP contribution is -2.32. The Kier molecular flexibility index (Phi) is 3.87. The fourth-order valence-electron chi connectivity index (χ4n) is 3.16. The highest BCUT2D eigenvalue weighted by atomic mass is 15.1. The third-order valence-electron chi connectivity index (χ3n) is 4.45. The van der Waals surface area contributed by atoms with Crippen LogP contribution in [0.4, 0.5) is 0 Å². The van der Waals surface area contributed by atoms with Gasteiger partial charge in [0.1, 0.15) is 13.1 Å². The fourth-order valence-corrected chi connectivity index (χ4v) is 3.16. The van der Waals surface area contributed by atoms with Crippen molar-refractivity contribution in [2.75, 3.05) is 0 Å². The Morgan fingerprint density at radius 1 is 0.750 bits per heavy atom. The number of imidazole rings is 1. The van der Waals surface area contributed by atoms with E-state index in [4.69, 9.17) is 0 Å². The first-order valence-corrected chi connectivity index (χ1v) is 8.36. The van der Waals surface area contributed by atoms with Crippen molar-refractivity contribution < 1.29 is 4.57 Å². The van der Waals surface area contributed by atoms with E-state index in [1.165, 1.54) is 27.7 Å². The Hall–Kier alpha value is -2.87. The molecule has 0 aliphatic carbocycles. The first kappa shape index (κ1) is 14.7. The van der Waals surface area contributed by atoms with Crippen LogP contribution in [0.15, 0.2) is 85.2 Å². The van der Waals surface area contributed by atoms with E-state index in [0.29, 0.717) is 0 Å². The van der Waals surface area contributed by atoms with Crippen molar-refractivity contribution in [1.29, 1.82) is 0 Å². The smallest absolute Gasteiger partial charge is 0.226 e. The summed E-state index contributed by atoms with van der Waals surface area (Å²) in [5.41, 5.74) is 6.49. The molecule has 1 heterocycles. The van der Waals surface area contributed by atoms with Crippen LogP contribution in [-0.2, 0) is 13.1 Å². The van der Waals surface area contributed by atoms with Crippen molar-refractivity contribution in [1.82, 2.24) is 4.57 Å². The minimum Gasteiger partial charge on any atom is -0.226 e. The average Bonchev–Trinajstić information content (AvgIpc) is 2.96. The zero-order valence-electron chi connectivity index (χ0n) is 13.9. The number of aromatic nitrogens is 2. The summed E-state index contributed by atoms with van der Waals surface area (Å²) in [6.07, 6.45) is 2.23. The van der Waals surface area contributed by atoms with Crippen LogP contribution < -0.4 is 4.57 Å². The summed E-state index contributed by atoms with van der Waals surface area (Å²) in [5.74, 6) is 0. The summed E-state index contributed by atoms with van der Waals surface area (Å²) in [6, 6.07) is 28.0. The predicted molar refractivity (Wildman–Crippen MR) is 98.0 cm³/mol. The van der Waals surface area contributed by atoms with E-state index < -0.39 is 0 Å². The molecule has 0 saturated carbocycles. The van der Waals surface area contributed by atoms with Gasteiger partial charge in [0.2, 0.25) is 6.33 Å². The largest absolute Gasteiger partial charge is 0.245 e. The average molecular weight is 313 g/mol. The third kappa shape index (κ3) is 2.95. The van der Waals surface area contributed by atoms with Gasteiger partial charge in [-0.05, 0) is 30.2 Å². The summed E-state index contributed by atoms with van der Waals surface area (Å²) in [4.78, 5) is 0. The van der Waals surface area contributed by atoms with E-state index in [2.05, 4.69) is 101 Å². The normalized spacial score (nSPS) is 11.0. The van der Waals surface area contributed by atoms with E-state index in [1.807, 2.05) is 0 Å². The molecular formula is C22H21N2+. The molecule has 4 rings (SSSR count). The zero-order valence-corrected chi connectivity index (χ0v) is 13.9. The van der Waals surface area contributed by atoms with Crippen molar-refractivity contribution in [2.45, 2.75) is 20.0 Å². The number of nitrogens with zero attached hydrogens (tertiary/aromatic N) is 2. The minimum absolute atomic E-state index is 0.891. The predicted octanol–water partition coefficient (Wildman–Crippen LogP) is 4.33. The third-order valence-corrected chi connectivity index (χ3v) is 4.45. The summed E-state index contributed by atoms with van der Waals surface area (Å²) >= 11 is 0. The second-order valence-corrected chi connectivity index (χ2v) is 6.33. The van der Waals surface area contributed by atoms with E-state index in [-0.39, 0.29) is 0 Å². The topological polar surface area (TPSA) is 8.81 Å². The van der Waals surface area contributed by atoms with E-state index in [0.717, 1.165) is 13.1 Å². The van der Waals surface area contributed by atoms with Gasteiger partial charge < -0.3 is 0 Å². The van der Waals surface area contributed by atoms with E-state index in [1.54, 1.807) is 0 Å². The molecule has 0 atom stereocenters. The van der Waals surface area contributed by atoms with Gasteiger partial charge in [-0.2, -0.15) is 0 Å². The molecule has 0 bridgehead atoms. The van der Waals surface area contributed by atoms with Crippen molar-refractivity contribution in [2.24, 2.45) is 0 Å². The van der Waals surface area contributed by atoms with Gasteiger partial charge in [-0.1, -0.05) is 72.3 Å². The Bertz CT molecular complexity index is 950. The molecular weight excluding hydrogens is 292 g/mol. The molecule has 1 aromatic heterocycles. The Balaban J connectivity index is 1.72. The quantitative estimate of drug-likeness (QED) is 0.496. The summed E-state index contributed by atoms with van der Waals surface area (Å²) < 4.78 is 4.67. The van der Waals surface area contributed by atoms with Crippen LogP contribution in [0.25, 0.3) is 11.0 Å². The number of fused-ring (bicyclic) bond motifs is 1. The molecule has 2 heteroatoms. The van der Waals surface area contributed by atoms with Gasteiger partial charge in [-0.25, -0.2) is 9.13 Å². The van der Waals surface area contributed by atoms with Gasteiger partial charge >= 0.3 is 0 Å². The van der Waals surface area contributed by atoms with Crippen molar-refractivity contribution in [3.05, 3.63) is 102 Å². The summed E-state index contributed by atoms with van der Waals surface area (Å²) in [7, 11) is 0. The molecule has 0 fully saturated rings. The highest BCUT2D eigenvalue weighted by Gasteiger charge is 2.15. The first-order valence-electron chi connectivity index (χ1n) is 8.36. The van der Waals surface area contributed by atoms with Gasteiger partial charge in [0, 0.05) is 0 Å². The highest BCUT2D eigenvalue weighted by molar-refractivity contribution is 5.71. The van der Waals surface area contributed by atoms with Crippen molar-refractivity contribution in [3.8, 4) is 0 Å². The number of benzene rings is 3. The monoisotopic (exact) mass is 313 g/mol. The van der Waals surface area contributed by atoms with Crippen LogP contribution in [0.3, 0.4) is 0 Å². The number of hydrogen-bond acceptors (Lipinski definition) is 0. The molecule has 0 radical (unpaired) electrons. The molecule has 3 aromatic carbocycles. The van der Waals surface area contributed by atoms with Gasteiger partial charge in [0.15, 0.2) is 11.0 Å². The van der Waals surface area contributed by atoms with Crippen LogP contribution in [-0.4, -0.2) is 4.57 Å². The highest BCUT2D eigenvalue weighted by Crippen LogP contribution is 2.14. The molecule has 2 nitrogen and oxygen atoms in total. The maximum atomic E-state index is 2.34. The van der Waals surface area contributed by atoms with Gasteiger partial charge in [0.05, 0.1) is 0 Å². The lowest BCUT2D eigenvalue weighted by atomic mass is 10.1. The van der Waals surface area contributed by atoms with E-state index in [9.17, 15) is 0 Å². The Labute approximate surface area is 142 Å². The van der Waals surface area contributed by atoms with E-state index >= 15 is 0 Å². The summed E-state index contributed by atoms with van der Waals surface area (Å²) in [5, 5.41) is 0.